The average molecular weight is 400 g/mol. The number of aliphatic hydroxyl groups is 4. The van der Waals surface area contributed by atoms with E-state index >= 15 is 0 Å². The molecule has 0 amide bonds. The predicted octanol–water partition coefficient (Wildman–Crippen LogP) is 0.0668. The lowest BCUT2D eigenvalue weighted by Gasteiger charge is -2.40. The second kappa shape index (κ2) is 7.90. The molecule has 5 N–H and O–H groups in total. The van der Waals surface area contributed by atoms with Gasteiger partial charge in [-0.15, -0.1) is 0 Å². The first-order valence-electron chi connectivity index (χ1n) is 9.03. The molecular weight excluding hydrogens is 380 g/mol. The molecule has 1 saturated heterocycles. The molecule has 9 heteroatoms. The number of ether oxygens (including phenoxy) is 1. The summed E-state index contributed by atoms with van der Waals surface area (Å²) in [6, 6.07) is 9.05. The number of benzene rings is 1. The van der Waals surface area contributed by atoms with Gasteiger partial charge in [-0.05, 0) is 35.9 Å². The fraction of sp³-hybridized carbons (Fsp3) is 0.300. The van der Waals surface area contributed by atoms with Gasteiger partial charge in [0.2, 0.25) is 0 Å². The van der Waals surface area contributed by atoms with Crippen molar-refractivity contribution in [2.75, 3.05) is 11.9 Å². The minimum atomic E-state index is -1.46. The molecule has 3 aromatic rings. The fourth-order valence-corrected chi connectivity index (χ4v) is 3.38. The first kappa shape index (κ1) is 19.5. The highest BCUT2D eigenvalue weighted by Gasteiger charge is 2.43. The van der Waals surface area contributed by atoms with E-state index in [0.29, 0.717) is 27.8 Å². The second-order valence-corrected chi connectivity index (χ2v) is 6.84. The Morgan fingerprint density at radius 2 is 1.79 bits per heavy atom. The van der Waals surface area contributed by atoms with Crippen LogP contribution >= 0.6 is 0 Å². The third-order valence-corrected chi connectivity index (χ3v) is 4.96. The summed E-state index contributed by atoms with van der Waals surface area (Å²) in [5.74, 6) is 0. The average Bonchev–Trinajstić information content (AvgIpc) is 2.73. The molecule has 0 spiro atoms. The van der Waals surface area contributed by atoms with Crippen molar-refractivity contribution in [1.82, 2.24) is 4.98 Å². The Morgan fingerprint density at radius 1 is 1.03 bits per heavy atom. The Morgan fingerprint density at radius 3 is 2.52 bits per heavy atom. The summed E-state index contributed by atoms with van der Waals surface area (Å²) in [6.07, 6.45) is -2.12. The number of rotatable bonds is 4. The van der Waals surface area contributed by atoms with Gasteiger partial charge in [0, 0.05) is 29.5 Å². The van der Waals surface area contributed by atoms with Crippen LogP contribution < -0.4 is 10.9 Å². The molecule has 9 nitrogen and oxygen atoms in total. The molecule has 1 aliphatic rings. The molecule has 2 aromatic heterocycles. The lowest BCUT2D eigenvalue weighted by atomic mass is 9.97. The van der Waals surface area contributed by atoms with Gasteiger partial charge in [-0.25, -0.2) is 4.79 Å². The molecule has 1 fully saturated rings. The van der Waals surface area contributed by atoms with Crippen molar-refractivity contribution in [3.05, 3.63) is 59.2 Å². The van der Waals surface area contributed by atoms with E-state index in [0.717, 1.165) is 0 Å². The zero-order valence-corrected chi connectivity index (χ0v) is 15.2. The number of pyridine rings is 1. The van der Waals surface area contributed by atoms with Gasteiger partial charge in [0.15, 0.2) is 6.29 Å². The molecule has 5 atom stereocenters. The van der Waals surface area contributed by atoms with Crippen molar-refractivity contribution >= 4 is 16.7 Å². The first-order chi connectivity index (χ1) is 14.0. The van der Waals surface area contributed by atoms with Gasteiger partial charge in [0.1, 0.15) is 29.9 Å². The monoisotopic (exact) mass is 400 g/mol. The van der Waals surface area contributed by atoms with Crippen LogP contribution in [0.4, 0.5) is 5.69 Å². The van der Waals surface area contributed by atoms with Crippen molar-refractivity contribution in [2.24, 2.45) is 0 Å². The number of aromatic nitrogens is 1. The number of anilines is 1. The first-order valence-corrected chi connectivity index (χ1v) is 9.03. The number of aliphatic hydroxyl groups excluding tert-OH is 4. The molecule has 3 heterocycles. The largest absolute Gasteiger partial charge is 0.422 e. The van der Waals surface area contributed by atoms with Gasteiger partial charge in [-0.3, -0.25) is 4.98 Å². The van der Waals surface area contributed by atoms with Crippen LogP contribution in [0.1, 0.15) is 0 Å². The van der Waals surface area contributed by atoms with Crippen LogP contribution in [0.3, 0.4) is 0 Å². The van der Waals surface area contributed by atoms with Gasteiger partial charge in [0.25, 0.3) is 0 Å². The Kier molecular flexibility index (Phi) is 5.31. The Hall–Kier alpha value is -2.82. The van der Waals surface area contributed by atoms with E-state index in [-0.39, 0.29) is 0 Å². The maximum Gasteiger partial charge on any atom is 0.344 e. The van der Waals surface area contributed by atoms with Gasteiger partial charge < -0.3 is 34.9 Å². The van der Waals surface area contributed by atoms with Crippen LogP contribution in [-0.2, 0) is 4.74 Å². The highest BCUT2D eigenvalue weighted by atomic mass is 16.6. The summed E-state index contributed by atoms with van der Waals surface area (Å²) >= 11 is 0. The predicted molar refractivity (Wildman–Crippen MR) is 103 cm³/mol. The van der Waals surface area contributed by atoms with Crippen molar-refractivity contribution in [1.29, 1.82) is 0 Å². The minimum Gasteiger partial charge on any atom is -0.422 e. The summed E-state index contributed by atoms with van der Waals surface area (Å²) in [7, 11) is 0. The molecular formula is C20H20N2O7. The number of hydrogen-bond donors (Lipinski definition) is 5. The summed E-state index contributed by atoms with van der Waals surface area (Å²) in [6.45, 7) is -0.539. The summed E-state index contributed by atoms with van der Waals surface area (Å²) < 4.78 is 10.6. The van der Waals surface area contributed by atoms with E-state index in [1.807, 2.05) is 0 Å². The van der Waals surface area contributed by atoms with E-state index in [1.165, 1.54) is 0 Å². The zero-order chi connectivity index (χ0) is 20.5. The van der Waals surface area contributed by atoms with Crippen LogP contribution in [0.25, 0.3) is 22.1 Å². The maximum absolute atomic E-state index is 12.4. The zero-order valence-electron chi connectivity index (χ0n) is 15.2. The molecule has 0 aliphatic carbocycles. The van der Waals surface area contributed by atoms with Crippen LogP contribution in [0.2, 0.25) is 0 Å². The summed E-state index contributed by atoms with van der Waals surface area (Å²) in [4.78, 5) is 16.3. The molecule has 4 rings (SSSR count). The molecule has 29 heavy (non-hydrogen) atoms. The van der Waals surface area contributed by atoms with E-state index in [1.54, 1.807) is 48.8 Å². The fourth-order valence-electron chi connectivity index (χ4n) is 3.38. The van der Waals surface area contributed by atoms with E-state index in [9.17, 15) is 20.1 Å². The quantitative estimate of drug-likeness (QED) is 0.384. The molecule has 1 aromatic carbocycles. The summed E-state index contributed by atoms with van der Waals surface area (Å²) in [5, 5.41) is 43.1. The van der Waals surface area contributed by atoms with Crippen LogP contribution in [0.5, 0.6) is 0 Å². The van der Waals surface area contributed by atoms with Gasteiger partial charge in [-0.1, -0.05) is 0 Å². The lowest BCUT2D eigenvalue weighted by Crippen LogP contribution is -2.61. The van der Waals surface area contributed by atoms with Gasteiger partial charge in [-0.2, -0.15) is 0 Å². The molecule has 0 saturated carbocycles. The topological polar surface area (TPSA) is 145 Å². The van der Waals surface area contributed by atoms with E-state index < -0.39 is 42.9 Å². The maximum atomic E-state index is 12.4. The van der Waals surface area contributed by atoms with Crippen LogP contribution in [0, 0.1) is 0 Å². The smallest absolute Gasteiger partial charge is 0.344 e. The molecule has 152 valence electrons. The third kappa shape index (κ3) is 3.74. The highest BCUT2D eigenvalue weighted by Crippen LogP contribution is 2.26. The molecule has 0 radical (unpaired) electrons. The number of fused-ring (bicyclic) bond motifs is 1. The molecule has 1 aliphatic heterocycles. The molecule has 0 bridgehead atoms. The van der Waals surface area contributed by atoms with E-state index in [4.69, 9.17) is 14.3 Å². The van der Waals surface area contributed by atoms with Crippen molar-refractivity contribution in [3.8, 4) is 11.1 Å². The van der Waals surface area contributed by atoms with Crippen LogP contribution in [0.15, 0.2) is 58.0 Å². The van der Waals surface area contributed by atoms with Crippen molar-refractivity contribution < 1.29 is 29.6 Å². The lowest BCUT2D eigenvalue weighted by molar-refractivity contribution is -0.245. The number of hydrogen-bond acceptors (Lipinski definition) is 9. The Balaban J connectivity index is 1.62. The molecule has 2 unspecified atom stereocenters. The number of nitrogens with one attached hydrogen (secondary N) is 1. The summed E-state index contributed by atoms with van der Waals surface area (Å²) in [5.41, 5.74) is 1.34. The number of nitrogens with zero attached hydrogens (tertiary/aromatic N) is 1. The Labute approximate surface area is 164 Å². The van der Waals surface area contributed by atoms with Crippen molar-refractivity contribution in [2.45, 2.75) is 30.6 Å². The third-order valence-electron chi connectivity index (χ3n) is 4.96. The second-order valence-electron chi connectivity index (χ2n) is 6.84. The van der Waals surface area contributed by atoms with Crippen molar-refractivity contribution in [3.63, 3.8) is 0 Å². The van der Waals surface area contributed by atoms with Gasteiger partial charge in [0.05, 0.1) is 12.2 Å². The van der Waals surface area contributed by atoms with Crippen LogP contribution in [-0.4, -0.2) is 62.7 Å². The van der Waals surface area contributed by atoms with Gasteiger partial charge >= 0.3 is 5.63 Å². The normalized spacial score (nSPS) is 27.1. The van der Waals surface area contributed by atoms with E-state index in [2.05, 4.69) is 10.3 Å². The SMILES string of the molecule is O=c1oc2cc(NC3[C@H](O)OC(CO)[C@@H](O)[C@@H]3O)ccc2cc1-c1ccncc1. The standard InChI is InChI=1S/C20H20N2O7/c23-9-15-17(24)18(25)16(20(27)29-15)22-12-2-1-11-7-13(10-3-5-21-6-4-10)19(26)28-14(11)8-12/h1-8,15-18,20,22-25,27H,9H2/t15?,16?,17-,18-,20-/m1/s1. The highest BCUT2D eigenvalue weighted by molar-refractivity contribution is 5.84. The minimum absolute atomic E-state index is 0.312. The Bertz CT molecular complexity index is 1060.